The van der Waals surface area contributed by atoms with Crippen LogP contribution in [0.1, 0.15) is 50.4 Å². The van der Waals surface area contributed by atoms with Crippen LogP contribution in [0.4, 0.5) is 0 Å². The SMILES string of the molecule is C=[N+]=CC(=O)C(CCC)NC(=O)[C@H](CC(C)C)NC(=O)c1ccc(-c2ccc([125I])cc2)cc1. The van der Waals surface area contributed by atoms with Crippen molar-refractivity contribution in [3.8, 4) is 11.1 Å². The third-order valence-electron chi connectivity index (χ3n) is 5.11. The Balaban J connectivity index is 2.13. The van der Waals surface area contributed by atoms with E-state index in [9.17, 15) is 14.4 Å². The second-order valence-electron chi connectivity index (χ2n) is 8.30. The number of nitrogens with zero attached hydrogens (tertiary/aromatic N) is 1. The first-order valence-electron chi connectivity index (χ1n) is 11.0. The number of Topliss-reactive ketones (excluding diaryl/α,β-unsaturated/α-hetero) is 1. The maximum absolute atomic E-state index is 13.0. The van der Waals surface area contributed by atoms with E-state index in [1.165, 1.54) is 0 Å². The van der Waals surface area contributed by atoms with Crippen LogP contribution in [0.15, 0.2) is 48.5 Å². The zero-order valence-electron chi connectivity index (χ0n) is 19.3. The Morgan fingerprint density at radius 1 is 0.970 bits per heavy atom. The van der Waals surface area contributed by atoms with Gasteiger partial charge in [-0.15, -0.1) is 4.67 Å². The zero-order chi connectivity index (χ0) is 24.4. The highest BCUT2D eigenvalue weighted by Gasteiger charge is 2.28. The minimum Gasteiger partial charge on any atom is -0.344 e. The zero-order valence-corrected chi connectivity index (χ0v) is 21.5. The molecule has 2 aromatic rings. The van der Waals surface area contributed by atoms with E-state index >= 15 is 0 Å². The number of hydrogen-bond donors (Lipinski definition) is 2. The molecule has 0 aliphatic heterocycles. The van der Waals surface area contributed by atoms with Crippen LogP contribution in [0.5, 0.6) is 0 Å². The molecular weight excluding hydrogens is 527 g/mol. The molecule has 2 amide bonds. The number of benzene rings is 2. The predicted molar refractivity (Wildman–Crippen MR) is 142 cm³/mol. The predicted octanol–water partition coefficient (Wildman–Crippen LogP) is 3.80. The fraction of sp³-hybridized carbons (Fsp3) is 0.346. The van der Waals surface area contributed by atoms with Crippen molar-refractivity contribution in [2.75, 3.05) is 0 Å². The van der Waals surface area contributed by atoms with Crippen molar-refractivity contribution in [1.82, 2.24) is 15.3 Å². The fourth-order valence-electron chi connectivity index (χ4n) is 3.43. The van der Waals surface area contributed by atoms with Gasteiger partial charge in [-0.3, -0.25) is 14.4 Å². The normalized spacial score (nSPS) is 12.4. The Bertz CT molecular complexity index is 1010. The summed E-state index contributed by atoms with van der Waals surface area (Å²) in [7, 11) is 0. The van der Waals surface area contributed by atoms with Crippen LogP contribution >= 0.6 is 22.6 Å². The Hall–Kier alpha value is -2.77. The van der Waals surface area contributed by atoms with E-state index in [0.29, 0.717) is 18.4 Å². The van der Waals surface area contributed by atoms with Crippen molar-refractivity contribution in [1.29, 1.82) is 0 Å². The van der Waals surface area contributed by atoms with Gasteiger partial charge in [-0.2, -0.15) is 0 Å². The molecule has 1 unspecified atom stereocenters. The Morgan fingerprint density at radius 3 is 2.06 bits per heavy atom. The summed E-state index contributed by atoms with van der Waals surface area (Å²) < 4.78 is 4.67. The highest BCUT2D eigenvalue weighted by atomic mass is 125. The second-order valence-corrected chi connectivity index (χ2v) is 9.55. The van der Waals surface area contributed by atoms with Crippen LogP contribution in [0.2, 0.25) is 0 Å². The Morgan fingerprint density at radius 2 is 1.55 bits per heavy atom. The Labute approximate surface area is 209 Å². The van der Waals surface area contributed by atoms with Crippen LogP contribution in [0.3, 0.4) is 0 Å². The molecule has 0 fully saturated rings. The summed E-state index contributed by atoms with van der Waals surface area (Å²) in [6.07, 6.45) is 2.77. The number of ketones is 1. The van der Waals surface area contributed by atoms with Crippen molar-refractivity contribution < 1.29 is 14.4 Å². The van der Waals surface area contributed by atoms with Crippen molar-refractivity contribution in [2.45, 2.75) is 52.1 Å². The summed E-state index contributed by atoms with van der Waals surface area (Å²) in [5, 5.41) is 5.62. The quantitative estimate of drug-likeness (QED) is 0.250. The lowest BCUT2D eigenvalue weighted by atomic mass is 10.0. The van der Waals surface area contributed by atoms with Crippen molar-refractivity contribution in [3.63, 3.8) is 0 Å². The summed E-state index contributed by atoms with van der Waals surface area (Å²) in [6.45, 7) is 9.19. The van der Waals surface area contributed by atoms with Crippen LogP contribution in [-0.2, 0) is 9.59 Å². The molecule has 6 nitrogen and oxygen atoms in total. The summed E-state index contributed by atoms with van der Waals surface area (Å²) in [5.41, 5.74) is 2.54. The van der Waals surface area contributed by atoms with Crippen LogP contribution in [-0.4, -0.2) is 42.6 Å². The molecule has 0 saturated carbocycles. The molecule has 2 atom stereocenters. The van der Waals surface area contributed by atoms with Crippen LogP contribution in [0.25, 0.3) is 11.1 Å². The smallest absolute Gasteiger partial charge is 0.336 e. The summed E-state index contributed by atoms with van der Waals surface area (Å²) in [6, 6.07) is 14.0. The van der Waals surface area contributed by atoms with E-state index in [2.05, 4.69) is 44.6 Å². The van der Waals surface area contributed by atoms with Crippen LogP contribution < -0.4 is 15.3 Å². The van der Waals surface area contributed by atoms with Gasteiger partial charge in [0.2, 0.25) is 5.91 Å². The molecule has 2 aromatic carbocycles. The second kappa shape index (κ2) is 13.1. The number of rotatable bonds is 11. The van der Waals surface area contributed by atoms with E-state index in [-0.39, 0.29) is 23.5 Å². The van der Waals surface area contributed by atoms with Gasteiger partial charge < -0.3 is 10.6 Å². The first kappa shape index (κ1) is 26.5. The van der Waals surface area contributed by atoms with Gasteiger partial charge in [-0.25, -0.2) is 0 Å². The molecular formula is C26H31IN3O3+. The number of nitrogens with one attached hydrogen (secondary N) is 2. The number of amides is 2. The van der Waals surface area contributed by atoms with Gasteiger partial charge in [0.05, 0.1) is 6.04 Å². The van der Waals surface area contributed by atoms with Gasteiger partial charge in [-0.05, 0) is 76.7 Å². The third-order valence-corrected chi connectivity index (χ3v) is 5.83. The molecule has 0 bridgehead atoms. The molecule has 0 aliphatic carbocycles. The number of carbonyl (C=O) groups excluding carboxylic acids is 3. The number of carbonyl (C=O) groups is 3. The molecule has 0 heterocycles. The fourth-order valence-corrected chi connectivity index (χ4v) is 3.79. The van der Waals surface area contributed by atoms with Gasteiger partial charge in [0.1, 0.15) is 6.04 Å². The lowest BCUT2D eigenvalue weighted by molar-refractivity contribution is -0.127. The average Bonchev–Trinajstić information content (AvgIpc) is 2.78. The molecule has 174 valence electrons. The molecule has 33 heavy (non-hydrogen) atoms. The molecule has 0 aromatic heterocycles. The highest BCUT2D eigenvalue weighted by Crippen LogP contribution is 2.21. The van der Waals surface area contributed by atoms with Gasteiger partial charge in [0, 0.05) is 9.13 Å². The Kier molecular flexibility index (Phi) is 10.5. The van der Waals surface area contributed by atoms with Crippen LogP contribution in [0, 0.1) is 9.49 Å². The maximum Gasteiger partial charge on any atom is 0.336 e. The molecule has 2 rings (SSSR count). The van der Waals surface area contributed by atoms with E-state index in [1.54, 1.807) is 12.1 Å². The van der Waals surface area contributed by atoms with Crippen molar-refractivity contribution >= 4 is 53.1 Å². The number of halogens is 1. The van der Waals surface area contributed by atoms with E-state index in [0.717, 1.165) is 27.3 Å². The molecule has 0 saturated heterocycles. The maximum atomic E-state index is 13.0. The lowest BCUT2D eigenvalue weighted by Gasteiger charge is -2.23. The van der Waals surface area contributed by atoms with E-state index < -0.39 is 12.1 Å². The summed E-state index contributed by atoms with van der Waals surface area (Å²) in [4.78, 5) is 38.1. The first-order chi connectivity index (χ1) is 15.7. The molecule has 7 heteroatoms. The molecule has 2 N–H and O–H groups in total. The number of hydrogen-bond acceptors (Lipinski definition) is 3. The van der Waals surface area contributed by atoms with E-state index in [4.69, 9.17) is 0 Å². The third kappa shape index (κ3) is 8.26. The van der Waals surface area contributed by atoms with Crippen molar-refractivity contribution in [2.24, 2.45) is 5.92 Å². The topological polar surface area (TPSA) is 89.4 Å². The standard InChI is InChI=1S/C26H30IN3O3/c1-5-6-22(24(31)16-28-4)29-26(33)23(15-17(2)3)30-25(32)20-9-7-18(8-10-20)19-11-13-21(27)14-12-19/h7-14,16-17,22-23H,4-6,15H2,1-3H3,(H-,29,30,32,33)/p+1/t22?,23-/m0/s1/i27-2. The largest absolute Gasteiger partial charge is 0.344 e. The van der Waals surface area contributed by atoms with Crippen molar-refractivity contribution in [3.05, 3.63) is 57.7 Å². The van der Waals surface area contributed by atoms with Gasteiger partial charge >= 0.3 is 6.21 Å². The minimum absolute atomic E-state index is 0.172. The average molecular weight is 558 g/mol. The highest BCUT2D eigenvalue weighted by molar-refractivity contribution is 14.1. The minimum atomic E-state index is -0.753. The molecule has 0 radical (unpaired) electrons. The lowest BCUT2D eigenvalue weighted by Crippen LogP contribution is -2.52. The molecule has 0 aliphatic rings. The summed E-state index contributed by atoms with van der Waals surface area (Å²) >= 11 is 2.26. The first-order valence-corrected chi connectivity index (χ1v) is 12.1. The van der Waals surface area contributed by atoms with Gasteiger partial charge in [0.25, 0.3) is 18.4 Å². The van der Waals surface area contributed by atoms with Gasteiger partial charge in [-0.1, -0.05) is 51.5 Å². The summed E-state index contributed by atoms with van der Waals surface area (Å²) in [5.74, 6) is -0.841. The molecule has 0 spiro atoms. The monoisotopic (exact) mass is 558 g/mol. The van der Waals surface area contributed by atoms with E-state index in [1.807, 2.05) is 57.2 Å². The van der Waals surface area contributed by atoms with Gasteiger partial charge in [0.15, 0.2) is 0 Å².